The monoisotopic (exact) mass is 385 g/mol. The highest BCUT2D eigenvalue weighted by molar-refractivity contribution is 6.34. The largest absolute Gasteiger partial charge is 0.355 e. The third kappa shape index (κ3) is 5.08. The van der Waals surface area contributed by atoms with E-state index in [1.165, 1.54) is 5.56 Å². The lowest BCUT2D eigenvalue weighted by Gasteiger charge is -2.32. The fourth-order valence-corrected chi connectivity index (χ4v) is 3.61. The number of rotatable bonds is 5. The smallest absolute Gasteiger partial charge is 0.252 e. The zero-order chi connectivity index (χ0) is 19.2. The number of hydrogen-bond acceptors (Lipinski definition) is 3. The molecule has 2 N–H and O–H groups in total. The molecule has 0 spiro atoms. The molecule has 0 aromatic heterocycles. The lowest BCUT2D eigenvalue weighted by Crippen LogP contribution is -2.40. The fourth-order valence-electron chi connectivity index (χ4n) is 3.41. The van der Waals surface area contributed by atoms with Crippen LogP contribution in [0.3, 0.4) is 0 Å². The van der Waals surface area contributed by atoms with Gasteiger partial charge >= 0.3 is 0 Å². The van der Waals surface area contributed by atoms with Crippen LogP contribution in [0, 0.1) is 5.92 Å². The summed E-state index contributed by atoms with van der Waals surface area (Å²) < 4.78 is 0. The van der Waals surface area contributed by atoms with E-state index < -0.39 is 0 Å². The molecule has 2 amide bonds. The van der Waals surface area contributed by atoms with E-state index in [4.69, 9.17) is 11.6 Å². The minimum Gasteiger partial charge on any atom is -0.355 e. The summed E-state index contributed by atoms with van der Waals surface area (Å²) in [6.07, 6.45) is 1.86. The van der Waals surface area contributed by atoms with Crippen molar-refractivity contribution < 1.29 is 9.59 Å². The molecule has 1 fully saturated rings. The zero-order valence-electron chi connectivity index (χ0n) is 15.4. The van der Waals surface area contributed by atoms with Gasteiger partial charge < -0.3 is 10.6 Å². The van der Waals surface area contributed by atoms with Crippen molar-refractivity contribution in [3.05, 3.63) is 64.7 Å². The van der Waals surface area contributed by atoms with Crippen LogP contribution in [0.15, 0.2) is 48.5 Å². The number of likely N-dealkylation sites (tertiary alicyclic amines) is 1. The van der Waals surface area contributed by atoms with Gasteiger partial charge in [-0.15, -0.1) is 0 Å². The summed E-state index contributed by atoms with van der Waals surface area (Å²) in [7, 11) is 1.55. The van der Waals surface area contributed by atoms with Gasteiger partial charge in [0.2, 0.25) is 5.91 Å². The summed E-state index contributed by atoms with van der Waals surface area (Å²) in [6, 6.07) is 15.3. The summed E-state index contributed by atoms with van der Waals surface area (Å²) in [6.45, 7) is 2.59. The maximum atomic E-state index is 12.7. The van der Waals surface area contributed by atoms with Gasteiger partial charge in [-0.25, -0.2) is 0 Å². The molecule has 0 aliphatic carbocycles. The van der Waals surface area contributed by atoms with E-state index >= 15 is 0 Å². The molecule has 1 aliphatic heterocycles. The third-order valence-corrected chi connectivity index (χ3v) is 5.16. The van der Waals surface area contributed by atoms with Crippen LogP contribution >= 0.6 is 11.6 Å². The second-order valence-corrected chi connectivity index (χ2v) is 7.23. The number of carbonyl (C=O) groups excluding carboxylic acids is 2. The van der Waals surface area contributed by atoms with Gasteiger partial charge in [-0.05, 0) is 43.1 Å². The maximum Gasteiger partial charge on any atom is 0.252 e. The minimum absolute atomic E-state index is 0.0158. The first-order chi connectivity index (χ1) is 13.1. The normalized spacial score (nSPS) is 17.3. The Hall–Kier alpha value is -2.37. The van der Waals surface area contributed by atoms with E-state index in [-0.39, 0.29) is 17.7 Å². The summed E-state index contributed by atoms with van der Waals surface area (Å²) in [5.41, 5.74) is 2.20. The van der Waals surface area contributed by atoms with Crippen molar-refractivity contribution in [2.24, 2.45) is 5.92 Å². The lowest BCUT2D eigenvalue weighted by atomic mass is 9.96. The molecule has 0 saturated carbocycles. The summed E-state index contributed by atoms with van der Waals surface area (Å²) in [4.78, 5) is 26.9. The average Bonchev–Trinajstić information content (AvgIpc) is 2.70. The highest BCUT2D eigenvalue weighted by Crippen LogP contribution is 2.23. The molecule has 27 heavy (non-hydrogen) atoms. The Labute approximate surface area is 164 Å². The minimum atomic E-state index is -0.275. The van der Waals surface area contributed by atoms with E-state index in [9.17, 15) is 9.59 Å². The van der Waals surface area contributed by atoms with Crippen molar-refractivity contribution in [1.29, 1.82) is 0 Å². The molecule has 3 rings (SSSR count). The fraction of sp³-hybridized carbons (Fsp3) is 0.333. The van der Waals surface area contributed by atoms with Crippen LogP contribution in [-0.4, -0.2) is 36.9 Å². The molecule has 0 bridgehead atoms. The van der Waals surface area contributed by atoms with Gasteiger partial charge in [0.05, 0.1) is 16.5 Å². The van der Waals surface area contributed by atoms with Gasteiger partial charge in [0.25, 0.3) is 5.91 Å². The van der Waals surface area contributed by atoms with Crippen molar-refractivity contribution in [3.63, 3.8) is 0 Å². The number of piperidine rings is 1. The number of halogens is 1. The molecule has 1 aliphatic rings. The highest BCUT2D eigenvalue weighted by Gasteiger charge is 2.26. The van der Waals surface area contributed by atoms with Crippen LogP contribution in [0.4, 0.5) is 5.69 Å². The Kier molecular flexibility index (Phi) is 6.48. The first-order valence-electron chi connectivity index (χ1n) is 9.15. The topological polar surface area (TPSA) is 61.4 Å². The van der Waals surface area contributed by atoms with E-state index in [2.05, 4.69) is 27.7 Å². The van der Waals surface area contributed by atoms with E-state index in [1.54, 1.807) is 25.2 Å². The molecular formula is C21H24ClN3O2. The zero-order valence-corrected chi connectivity index (χ0v) is 16.1. The van der Waals surface area contributed by atoms with Gasteiger partial charge in [0, 0.05) is 25.8 Å². The molecule has 142 valence electrons. The third-order valence-electron chi connectivity index (χ3n) is 4.83. The predicted molar refractivity (Wildman–Crippen MR) is 108 cm³/mol. The molecule has 0 radical (unpaired) electrons. The number of amides is 2. The Morgan fingerprint density at radius 3 is 2.70 bits per heavy atom. The summed E-state index contributed by atoms with van der Waals surface area (Å²) in [5.74, 6) is -0.359. The standard InChI is InChI=1S/C21H24ClN3O2/c1-23-21(27)18-12-17(9-10-19(18)22)24-20(26)16-8-5-11-25(14-16)13-15-6-3-2-4-7-15/h2-4,6-7,9-10,12,16H,5,8,11,13-14H2,1H3,(H,23,27)(H,24,26). The molecule has 2 aromatic carbocycles. The van der Waals surface area contributed by atoms with Crippen molar-refractivity contribution in [3.8, 4) is 0 Å². The van der Waals surface area contributed by atoms with Crippen molar-refractivity contribution in [2.75, 3.05) is 25.5 Å². The predicted octanol–water partition coefficient (Wildman–Crippen LogP) is 3.55. The summed E-state index contributed by atoms with van der Waals surface area (Å²) in [5, 5.41) is 5.85. The first-order valence-corrected chi connectivity index (χ1v) is 9.53. The lowest BCUT2D eigenvalue weighted by molar-refractivity contribution is -0.121. The number of carbonyl (C=O) groups is 2. The van der Waals surface area contributed by atoms with Gasteiger partial charge in [0.1, 0.15) is 0 Å². The van der Waals surface area contributed by atoms with Crippen LogP contribution < -0.4 is 10.6 Å². The second kappa shape index (κ2) is 9.02. The Morgan fingerprint density at radius 1 is 1.19 bits per heavy atom. The van der Waals surface area contributed by atoms with Gasteiger partial charge in [-0.3, -0.25) is 14.5 Å². The average molecular weight is 386 g/mol. The van der Waals surface area contributed by atoms with E-state index in [0.29, 0.717) is 16.3 Å². The second-order valence-electron chi connectivity index (χ2n) is 6.82. The molecular weight excluding hydrogens is 362 g/mol. The van der Waals surface area contributed by atoms with Crippen molar-refractivity contribution in [2.45, 2.75) is 19.4 Å². The maximum absolute atomic E-state index is 12.7. The Bertz CT molecular complexity index is 810. The van der Waals surface area contributed by atoms with E-state index in [1.807, 2.05) is 18.2 Å². The van der Waals surface area contributed by atoms with Crippen LogP contribution in [0.5, 0.6) is 0 Å². The number of hydrogen-bond donors (Lipinski definition) is 2. The Morgan fingerprint density at radius 2 is 1.96 bits per heavy atom. The quantitative estimate of drug-likeness (QED) is 0.827. The Balaban J connectivity index is 1.63. The first kappa shape index (κ1) is 19.4. The molecule has 2 aromatic rings. The number of benzene rings is 2. The number of nitrogens with zero attached hydrogens (tertiary/aromatic N) is 1. The molecule has 1 saturated heterocycles. The van der Waals surface area contributed by atoms with Crippen LogP contribution in [0.25, 0.3) is 0 Å². The van der Waals surface area contributed by atoms with Crippen LogP contribution in [0.1, 0.15) is 28.8 Å². The number of anilines is 1. The van der Waals surface area contributed by atoms with E-state index in [0.717, 1.165) is 32.5 Å². The van der Waals surface area contributed by atoms with Gasteiger partial charge in [-0.2, -0.15) is 0 Å². The van der Waals surface area contributed by atoms with Crippen LogP contribution in [-0.2, 0) is 11.3 Å². The molecule has 5 nitrogen and oxygen atoms in total. The molecule has 1 unspecified atom stereocenters. The van der Waals surface area contributed by atoms with Crippen molar-refractivity contribution in [1.82, 2.24) is 10.2 Å². The number of nitrogens with one attached hydrogen (secondary N) is 2. The SMILES string of the molecule is CNC(=O)c1cc(NC(=O)C2CCCN(Cc3ccccc3)C2)ccc1Cl. The molecule has 1 heterocycles. The molecule has 6 heteroatoms. The van der Waals surface area contributed by atoms with Crippen molar-refractivity contribution >= 4 is 29.1 Å². The van der Waals surface area contributed by atoms with Gasteiger partial charge in [0.15, 0.2) is 0 Å². The van der Waals surface area contributed by atoms with Crippen LogP contribution in [0.2, 0.25) is 5.02 Å². The molecule has 1 atom stereocenters. The highest BCUT2D eigenvalue weighted by atomic mass is 35.5. The summed E-state index contributed by atoms with van der Waals surface area (Å²) >= 11 is 6.07. The van der Waals surface area contributed by atoms with Gasteiger partial charge in [-0.1, -0.05) is 41.9 Å².